The summed E-state index contributed by atoms with van der Waals surface area (Å²) in [6, 6.07) is 0. The van der Waals surface area contributed by atoms with Crippen molar-refractivity contribution in [3.8, 4) is 0 Å². The van der Waals surface area contributed by atoms with E-state index in [0.717, 1.165) is 25.2 Å². The van der Waals surface area contributed by atoms with Crippen LogP contribution in [0.3, 0.4) is 0 Å². The van der Waals surface area contributed by atoms with Crippen LogP contribution in [0.15, 0.2) is 0 Å². The summed E-state index contributed by atoms with van der Waals surface area (Å²) < 4.78 is 1.96. The minimum absolute atomic E-state index is 0.558. The molecule has 0 amide bonds. The van der Waals surface area contributed by atoms with Crippen molar-refractivity contribution < 1.29 is 0 Å². The topological polar surface area (TPSA) is 56.7 Å². The highest BCUT2D eigenvalue weighted by Gasteiger charge is 2.14. The molecular weight excluding hydrogens is 116 g/mol. The maximum absolute atomic E-state index is 5.48. The van der Waals surface area contributed by atoms with Gasteiger partial charge >= 0.3 is 0 Å². The molecule has 4 nitrogen and oxygen atoms in total. The number of fused-ring (bicyclic) bond motifs is 1. The summed E-state index contributed by atoms with van der Waals surface area (Å²) in [7, 11) is 0. The zero-order valence-electron chi connectivity index (χ0n) is 5.04. The molecule has 0 radical (unpaired) electrons. The van der Waals surface area contributed by atoms with E-state index in [1.165, 1.54) is 0 Å². The predicted octanol–water partition coefficient (Wildman–Crippen LogP) is -0.194. The number of aryl methyl sites for hydroxylation is 1. The lowest BCUT2D eigenvalue weighted by molar-refractivity contribution is 0.751. The van der Waals surface area contributed by atoms with Gasteiger partial charge in [-0.25, -0.2) is 0 Å². The monoisotopic (exact) mass is 124 g/mol. The van der Waals surface area contributed by atoms with Crippen molar-refractivity contribution in [1.29, 1.82) is 0 Å². The van der Waals surface area contributed by atoms with Crippen LogP contribution in [-0.4, -0.2) is 14.8 Å². The molecule has 0 saturated carbocycles. The zero-order valence-corrected chi connectivity index (χ0v) is 5.04. The van der Waals surface area contributed by atoms with E-state index in [1.807, 2.05) is 4.57 Å². The van der Waals surface area contributed by atoms with Gasteiger partial charge in [0.15, 0.2) is 0 Å². The maximum atomic E-state index is 5.48. The number of hydrogen-bond acceptors (Lipinski definition) is 3. The molecule has 0 fully saturated rings. The minimum Gasteiger partial charge on any atom is -0.368 e. The number of hydrogen-bond donors (Lipinski definition) is 1. The SMILES string of the molecule is Nc1nnc2n1CCC2. The van der Waals surface area contributed by atoms with Crippen LogP contribution in [0, 0.1) is 0 Å². The second-order valence-corrected chi connectivity index (χ2v) is 2.23. The maximum Gasteiger partial charge on any atom is 0.221 e. The van der Waals surface area contributed by atoms with Gasteiger partial charge in [0.1, 0.15) is 5.82 Å². The highest BCUT2D eigenvalue weighted by atomic mass is 15.3. The van der Waals surface area contributed by atoms with Crippen molar-refractivity contribution >= 4 is 5.95 Å². The fourth-order valence-corrected chi connectivity index (χ4v) is 1.17. The van der Waals surface area contributed by atoms with Gasteiger partial charge in [0.2, 0.25) is 5.95 Å². The molecule has 0 saturated heterocycles. The van der Waals surface area contributed by atoms with Gasteiger partial charge in [0, 0.05) is 13.0 Å². The smallest absolute Gasteiger partial charge is 0.221 e. The van der Waals surface area contributed by atoms with Crippen molar-refractivity contribution in [3.05, 3.63) is 5.82 Å². The average Bonchev–Trinajstić information content (AvgIpc) is 2.35. The van der Waals surface area contributed by atoms with Crippen LogP contribution in [0.25, 0.3) is 0 Å². The molecule has 0 aliphatic carbocycles. The average molecular weight is 124 g/mol. The Bertz CT molecular complexity index is 227. The van der Waals surface area contributed by atoms with Crippen LogP contribution < -0.4 is 5.73 Å². The lowest BCUT2D eigenvalue weighted by atomic mass is 10.4. The largest absolute Gasteiger partial charge is 0.368 e. The Labute approximate surface area is 52.7 Å². The summed E-state index contributed by atoms with van der Waals surface area (Å²) >= 11 is 0. The number of anilines is 1. The second-order valence-electron chi connectivity index (χ2n) is 2.23. The third-order valence-corrected chi connectivity index (χ3v) is 1.64. The van der Waals surface area contributed by atoms with Gasteiger partial charge in [-0.3, -0.25) is 4.57 Å². The van der Waals surface area contributed by atoms with Crippen molar-refractivity contribution in [2.75, 3.05) is 5.73 Å². The summed E-state index contributed by atoms with van der Waals surface area (Å²) in [6.07, 6.45) is 2.19. The molecule has 0 spiro atoms. The molecule has 1 aliphatic heterocycles. The zero-order chi connectivity index (χ0) is 6.27. The van der Waals surface area contributed by atoms with Crippen LogP contribution in [0.2, 0.25) is 0 Å². The van der Waals surface area contributed by atoms with E-state index in [9.17, 15) is 0 Å². The van der Waals surface area contributed by atoms with Gasteiger partial charge < -0.3 is 5.73 Å². The van der Waals surface area contributed by atoms with Crippen molar-refractivity contribution in [2.24, 2.45) is 0 Å². The lowest BCUT2D eigenvalue weighted by Gasteiger charge is -1.92. The van der Waals surface area contributed by atoms with Crippen molar-refractivity contribution in [3.63, 3.8) is 0 Å². The van der Waals surface area contributed by atoms with Crippen LogP contribution in [-0.2, 0) is 13.0 Å². The van der Waals surface area contributed by atoms with E-state index in [-0.39, 0.29) is 0 Å². The van der Waals surface area contributed by atoms with Crippen molar-refractivity contribution in [2.45, 2.75) is 19.4 Å². The first kappa shape index (κ1) is 4.78. The molecule has 0 atom stereocenters. The van der Waals surface area contributed by atoms with E-state index in [4.69, 9.17) is 5.73 Å². The summed E-state index contributed by atoms with van der Waals surface area (Å²) in [5, 5.41) is 7.61. The predicted molar refractivity (Wildman–Crippen MR) is 32.8 cm³/mol. The molecule has 1 aromatic heterocycles. The van der Waals surface area contributed by atoms with Crippen LogP contribution in [0.4, 0.5) is 5.95 Å². The van der Waals surface area contributed by atoms with E-state index < -0.39 is 0 Å². The molecule has 48 valence electrons. The minimum atomic E-state index is 0.558. The molecule has 4 heteroatoms. The number of nitrogens with two attached hydrogens (primary N) is 1. The highest BCUT2D eigenvalue weighted by molar-refractivity contribution is 5.18. The molecular formula is C5H8N4. The van der Waals surface area contributed by atoms with Gasteiger partial charge in [-0.2, -0.15) is 0 Å². The molecule has 0 unspecified atom stereocenters. The van der Waals surface area contributed by atoms with Crippen molar-refractivity contribution in [1.82, 2.24) is 14.8 Å². The molecule has 0 aromatic carbocycles. The Kier molecular flexibility index (Phi) is 0.777. The number of nitrogen functional groups attached to an aromatic ring is 1. The third-order valence-electron chi connectivity index (χ3n) is 1.64. The Morgan fingerprint density at radius 1 is 1.44 bits per heavy atom. The number of nitrogens with zero attached hydrogens (tertiary/aromatic N) is 3. The Hall–Kier alpha value is -1.06. The fraction of sp³-hybridized carbons (Fsp3) is 0.600. The Balaban J connectivity index is 2.56. The standard InChI is InChI=1S/C5H8N4/c6-5-8-7-4-2-1-3-9(4)5/h1-3H2,(H2,6,8). The van der Waals surface area contributed by atoms with Crippen LogP contribution in [0.5, 0.6) is 0 Å². The summed E-state index contributed by atoms with van der Waals surface area (Å²) in [5.74, 6) is 1.59. The highest BCUT2D eigenvalue weighted by Crippen LogP contribution is 2.14. The fourth-order valence-electron chi connectivity index (χ4n) is 1.17. The van der Waals surface area contributed by atoms with Crippen LogP contribution in [0.1, 0.15) is 12.2 Å². The van der Waals surface area contributed by atoms with Gasteiger partial charge in [-0.15, -0.1) is 10.2 Å². The molecule has 9 heavy (non-hydrogen) atoms. The summed E-state index contributed by atoms with van der Waals surface area (Å²) in [6.45, 7) is 0.994. The van der Waals surface area contributed by atoms with Crippen LogP contribution >= 0.6 is 0 Å². The Morgan fingerprint density at radius 2 is 2.33 bits per heavy atom. The molecule has 2 heterocycles. The van der Waals surface area contributed by atoms with E-state index in [2.05, 4.69) is 10.2 Å². The van der Waals surface area contributed by atoms with Gasteiger partial charge in [-0.05, 0) is 6.42 Å². The van der Waals surface area contributed by atoms with Gasteiger partial charge in [0.05, 0.1) is 0 Å². The first-order chi connectivity index (χ1) is 4.38. The first-order valence-electron chi connectivity index (χ1n) is 3.05. The number of rotatable bonds is 0. The molecule has 1 aromatic rings. The quantitative estimate of drug-likeness (QED) is 0.521. The number of aromatic nitrogens is 3. The first-order valence-corrected chi connectivity index (χ1v) is 3.05. The lowest BCUT2D eigenvalue weighted by Crippen LogP contribution is -1.99. The summed E-state index contributed by atoms with van der Waals surface area (Å²) in [5.41, 5.74) is 5.48. The van der Waals surface area contributed by atoms with Gasteiger partial charge in [0.25, 0.3) is 0 Å². The van der Waals surface area contributed by atoms with Gasteiger partial charge in [-0.1, -0.05) is 0 Å². The third kappa shape index (κ3) is 0.526. The van der Waals surface area contributed by atoms with E-state index in [0.29, 0.717) is 5.95 Å². The molecule has 2 N–H and O–H groups in total. The molecule has 2 rings (SSSR count). The normalized spacial score (nSPS) is 16.0. The van der Waals surface area contributed by atoms with E-state index >= 15 is 0 Å². The second kappa shape index (κ2) is 1.46. The summed E-state index contributed by atoms with van der Waals surface area (Å²) in [4.78, 5) is 0. The van der Waals surface area contributed by atoms with E-state index in [1.54, 1.807) is 0 Å². The molecule has 0 bridgehead atoms. The Morgan fingerprint density at radius 3 is 3.11 bits per heavy atom. The molecule has 1 aliphatic rings.